The first-order chi connectivity index (χ1) is 12.8. The third-order valence-corrected chi connectivity index (χ3v) is 4.99. The second kappa shape index (κ2) is 9.57. The van der Waals surface area contributed by atoms with Gasteiger partial charge in [0.15, 0.2) is 0 Å². The Labute approximate surface area is 177 Å². The molecule has 0 saturated heterocycles. The largest absolute Gasteiger partial charge is 0.477 e. The first-order valence-electron chi connectivity index (χ1n) is 8.39. The van der Waals surface area contributed by atoms with Gasteiger partial charge in [-0.25, -0.2) is 9.78 Å². The molecule has 0 aliphatic rings. The quantitative estimate of drug-likeness (QED) is 0.307. The van der Waals surface area contributed by atoms with Gasteiger partial charge in [0.2, 0.25) is 5.88 Å². The number of ether oxygens (including phenoxy) is 1. The Morgan fingerprint density at radius 1 is 1.26 bits per heavy atom. The van der Waals surface area contributed by atoms with Gasteiger partial charge in [-0.3, -0.25) is 0 Å². The molecule has 0 unspecified atom stereocenters. The van der Waals surface area contributed by atoms with E-state index in [0.29, 0.717) is 28.7 Å². The van der Waals surface area contributed by atoms with Gasteiger partial charge in [0.1, 0.15) is 18.0 Å². The van der Waals surface area contributed by atoms with Crippen LogP contribution in [0.4, 0.5) is 5.69 Å². The van der Waals surface area contributed by atoms with Crippen molar-refractivity contribution in [3.8, 4) is 11.6 Å². The highest BCUT2D eigenvalue weighted by Gasteiger charge is 2.24. The Kier molecular flexibility index (Phi) is 7.69. The summed E-state index contributed by atoms with van der Waals surface area (Å²) in [6, 6.07) is 5.16. The first-order valence-corrected chi connectivity index (χ1v) is 10.3. The Morgan fingerprint density at radius 3 is 2.41 bits per heavy atom. The molecule has 2 N–H and O–H groups in total. The van der Waals surface area contributed by atoms with Crippen LogP contribution in [-0.2, 0) is 0 Å². The molecular formula is C19H22ClIN2O4. The molecule has 0 fully saturated rings. The van der Waals surface area contributed by atoms with Crippen molar-refractivity contribution in [1.29, 1.82) is 0 Å². The zero-order chi connectivity index (χ0) is 20.1. The maximum atomic E-state index is 12.0. The highest BCUT2D eigenvalue weighted by atomic mass is 127. The number of carboxylic acids is 1. The number of benzene rings is 1. The number of carboxylic acid groups (broad SMARTS) is 1. The molecule has 6 nitrogen and oxygen atoms in total. The Morgan fingerprint density at radius 2 is 1.89 bits per heavy atom. The van der Waals surface area contributed by atoms with Crippen molar-refractivity contribution in [2.75, 3.05) is 22.6 Å². The summed E-state index contributed by atoms with van der Waals surface area (Å²) in [5.41, 5.74) is 2.48. The standard InChI is InChI=1S/C19H22ClIN2O4/c1-11-7-14(20)8-12(2)17(11)27-18-16(19(25)26)15(9-13(3)22-18)23(10-24)6-4-5-21/h7-9,24H,4-6,10H2,1-3H3,(H,25,26). The van der Waals surface area contributed by atoms with Crippen molar-refractivity contribution in [2.45, 2.75) is 27.2 Å². The van der Waals surface area contributed by atoms with E-state index in [9.17, 15) is 15.0 Å². The predicted molar refractivity (Wildman–Crippen MR) is 115 cm³/mol. The zero-order valence-corrected chi connectivity index (χ0v) is 18.3. The maximum absolute atomic E-state index is 12.0. The van der Waals surface area contributed by atoms with Crippen LogP contribution in [0.2, 0.25) is 5.02 Å². The van der Waals surface area contributed by atoms with Crippen LogP contribution in [0.25, 0.3) is 0 Å². The average Bonchev–Trinajstić information content (AvgIpc) is 2.58. The van der Waals surface area contributed by atoms with Crippen LogP contribution in [0, 0.1) is 20.8 Å². The molecule has 0 spiro atoms. The highest BCUT2D eigenvalue weighted by Crippen LogP contribution is 2.36. The summed E-state index contributed by atoms with van der Waals surface area (Å²) in [5, 5.41) is 20.2. The number of aromatic carboxylic acids is 1. The Hall–Kier alpha value is -1.58. The van der Waals surface area contributed by atoms with Gasteiger partial charge >= 0.3 is 5.97 Å². The number of hydrogen-bond acceptors (Lipinski definition) is 5. The Balaban J connectivity index is 2.58. The summed E-state index contributed by atoms with van der Waals surface area (Å²) in [6.45, 7) is 5.68. The number of aryl methyl sites for hydroxylation is 3. The molecule has 1 aromatic carbocycles. The monoisotopic (exact) mass is 504 g/mol. The van der Waals surface area contributed by atoms with Gasteiger partial charge in [0.25, 0.3) is 0 Å². The molecule has 27 heavy (non-hydrogen) atoms. The molecule has 0 bridgehead atoms. The molecule has 0 atom stereocenters. The molecule has 2 rings (SSSR count). The van der Waals surface area contributed by atoms with Crippen molar-refractivity contribution >= 4 is 45.8 Å². The van der Waals surface area contributed by atoms with Crippen molar-refractivity contribution < 1.29 is 19.7 Å². The number of aliphatic hydroxyl groups excluding tert-OH is 1. The minimum atomic E-state index is -1.16. The summed E-state index contributed by atoms with van der Waals surface area (Å²) >= 11 is 8.31. The van der Waals surface area contributed by atoms with Gasteiger partial charge in [-0.15, -0.1) is 0 Å². The number of nitrogens with zero attached hydrogens (tertiary/aromatic N) is 2. The summed E-state index contributed by atoms with van der Waals surface area (Å²) in [4.78, 5) is 17.9. The number of aliphatic hydroxyl groups is 1. The van der Waals surface area contributed by atoms with Crippen LogP contribution >= 0.6 is 34.2 Å². The van der Waals surface area contributed by atoms with Crippen molar-refractivity contribution in [3.63, 3.8) is 0 Å². The van der Waals surface area contributed by atoms with E-state index >= 15 is 0 Å². The average molecular weight is 505 g/mol. The summed E-state index contributed by atoms with van der Waals surface area (Å²) < 4.78 is 6.84. The van der Waals surface area contributed by atoms with Gasteiger partial charge in [0, 0.05) is 21.7 Å². The fourth-order valence-electron chi connectivity index (χ4n) is 2.83. The van der Waals surface area contributed by atoms with E-state index in [1.165, 1.54) is 0 Å². The van der Waals surface area contributed by atoms with Crippen LogP contribution in [0.5, 0.6) is 11.6 Å². The van der Waals surface area contributed by atoms with Crippen molar-refractivity contribution in [3.05, 3.63) is 45.6 Å². The van der Waals surface area contributed by atoms with Crippen LogP contribution in [0.3, 0.4) is 0 Å². The van der Waals surface area contributed by atoms with E-state index in [-0.39, 0.29) is 18.2 Å². The number of rotatable bonds is 8. The van der Waals surface area contributed by atoms with E-state index in [1.54, 1.807) is 30.0 Å². The highest BCUT2D eigenvalue weighted by molar-refractivity contribution is 14.1. The number of carbonyl (C=O) groups is 1. The molecule has 0 aliphatic heterocycles. The molecule has 1 heterocycles. The molecule has 146 valence electrons. The van der Waals surface area contributed by atoms with Crippen LogP contribution < -0.4 is 9.64 Å². The molecule has 1 aromatic heterocycles. The zero-order valence-electron chi connectivity index (χ0n) is 15.4. The van der Waals surface area contributed by atoms with E-state index in [4.69, 9.17) is 16.3 Å². The van der Waals surface area contributed by atoms with Crippen LogP contribution in [0.1, 0.15) is 33.6 Å². The van der Waals surface area contributed by atoms with Gasteiger partial charge in [-0.2, -0.15) is 0 Å². The molecule has 0 radical (unpaired) electrons. The third kappa shape index (κ3) is 5.24. The predicted octanol–water partition coefficient (Wildman–Crippen LogP) is 4.73. The normalized spacial score (nSPS) is 10.7. The van der Waals surface area contributed by atoms with Crippen LogP contribution in [-0.4, -0.2) is 38.9 Å². The summed E-state index contributed by atoms with van der Waals surface area (Å²) in [5.74, 6) is -0.641. The van der Waals surface area contributed by atoms with E-state index in [2.05, 4.69) is 27.6 Å². The molecular weight excluding hydrogens is 483 g/mol. The number of halogens is 2. The number of pyridine rings is 1. The van der Waals surface area contributed by atoms with Gasteiger partial charge < -0.3 is 19.8 Å². The second-order valence-electron chi connectivity index (χ2n) is 6.19. The topological polar surface area (TPSA) is 82.9 Å². The maximum Gasteiger partial charge on any atom is 0.343 e. The van der Waals surface area contributed by atoms with E-state index in [0.717, 1.165) is 22.0 Å². The minimum absolute atomic E-state index is 0.000976. The molecule has 0 aliphatic carbocycles. The number of alkyl halides is 1. The third-order valence-electron chi connectivity index (χ3n) is 4.00. The number of aromatic nitrogens is 1. The van der Waals surface area contributed by atoms with E-state index in [1.807, 2.05) is 13.8 Å². The molecule has 8 heteroatoms. The van der Waals surface area contributed by atoms with Gasteiger partial charge in [-0.05, 0) is 56.5 Å². The van der Waals surface area contributed by atoms with Crippen molar-refractivity contribution in [1.82, 2.24) is 4.98 Å². The first kappa shape index (κ1) is 21.7. The lowest BCUT2D eigenvalue weighted by Crippen LogP contribution is -2.28. The Bertz CT molecular complexity index is 822. The molecule has 2 aromatic rings. The second-order valence-corrected chi connectivity index (χ2v) is 7.70. The summed E-state index contributed by atoms with van der Waals surface area (Å²) in [7, 11) is 0. The van der Waals surface area contributed by atoms with Crippen molar-refractivity contribution in [2.24, 2.45) is 0 Å². The van der Waals surface area contributed by atoms with Gasteiger partial charge in [-0.1, -0.05) is 34.2 Å². The SMILES string of the molecule is Cc1cc(N(CO)CCCI)c(C(=O)O)c(Oc2c(C)cc(Cl)cc2C)n1. The summed E-state index contributed by atoms with van der Waals surface area (Å²) in [6.07, 6.45) is 0.813. The molecule has 0 amide bonds. The number of anilines is 1. The minimum Gasteiger partial charge on any atom is -0.477 e. The fourth-order valence-corrected chi connectivity index (χ4v) is 3.49. The van der Waals surface area contributed by atoms with E-state index < -0.39 is 5.97 Å². The smallest absolute Gasteiger partial charge is 0.343 e. The lowest BCUT2D eigenvalue weighted by molar-refractivity contribution is 0.0693. The van der Waals surface area contributed by atoms with Gasteiger partial charge in [0.05, 0.1) is 5.69 Å². The number of hydrogen-bond donors (Lipinski definition) is 2. The van der Waals surface area contributed by atoms with Crippen LogP contribution in [0.15, 0.2) is 18.2 Å². The lowest BCUT2D eigenvalue weighted by atomic mass is 10.1. The molecule has 0 saturated carbocycles. The lowest BCUT2D eigenvalue weighted by Gasteiger charge is -2.25. The fraction of sp³-hybridized carbons (Fsp3) is 0.368.